The molecule has 59 heavy (non-hydrogen) atoms. The molecule has 0 radical (unpaired) electrons. The molecule has 2 unspecified atom stereocenters. The smallest absolute Gasteiger partial charge is 0.491 e. The highest BCUT2D eigenvalue weighted by molar-refractivity contribution is 7.99. The number of fused-ring (bicyclic) bond motifs is 9. The third-order valence-electron chi connectivity index (χ3n) is 13.6. The maximum atomic E-state index is 14.8. The fourth-order valence-corrected chi connectivity index (χ4v) is 13.0. The summed E-state index contributed by atoms with van der Waals surface area (Å²) in [4.78, 5) is 31.9. The molecule has 3 aromatic carbocycles. The van der Waals surface area contributed by atoms with Crippen molar-refractivity contribution in [2.75, 3.05) is 46.5 Å². The number of esters is 2. The van der Waals surface area contributed by atoms with E-state index < -0.39 is 64.7 Å². The van der Waals surface area contributed by atoms with Crippen molar-refractivity contribution in [1.29, 1.82) is 5.26 Å². The Hall–Kier alpha value is -5.09. The highest BCUT2D eigenvalue weighted by Gasteiger charge is 2.72. The van der Waals surface area contributed by atoms with Crippen LogP contribution in [0.2, 0.25) is 0 Å². The van der Waals surface area contributed by atoms with E-state index in [1.165, 1.54) is 32.9 Å². The second-order valence-electron chi connectivity index (χ2n) is 16.4. The molecule has 310 valence electrons. The number of hydrogen-bond donors (Lipinski definition) is 3. The second-order valence-corrected chi connectivity index (χ2v) is 17.6. The lowest BCUT2D eigenvalue weighted by atomic mass is 9.72. The van der Waals surface area contributed by atoms with E-state index in [4.69, 9.17) is 28.4 Å². The third kappa shape index (κ3) is 4.81. The number of benzene rings is 3. The Morgan fingerprint density at radius 2 is 1.81 bits per heavy atom. The van der Waals surface area contributed by atoms with E-state index in [1.807, 2.05) is 24.8 Å². The zero-order valence-corrected chi connectivity index (χ0v) is 33.4. The minimum absolute atomic E-state index is 0.0725. The van der Waals surface area contributed by atoms with Gasteiger partial charge in [0.2, 0.25) is 6.79 Å². The second kappa shape index (κ2) is 12.5. The van der Waals surface area contributed by atoms with Crippen LogP contribution in [0.1, 0.15) is 75.2 Å². The number of methoxy groups -OCH3 is 2. The number of rotatable bonds is 3. The van der Waals surface area contributed by atoms with Crippen LogP contribution in [0.5, 0.6) is 40.2 Å². The third-order valence-corrected chi connectivity index (χ3v) is 15.1. The SMILES string of the molecule is COc1cc2c(cc1O)CCN[C@]21CS[C@@H]2c3c(OC(=O)C(F)(F)F)c(C)c4c(c3[C@H](COC1=O)N1C2[C@H]2c3c(cc(C)c(OC)c3O)C3(C)C[C@]1(C#N)CN23)OCO4. The summed E-state index contributed by atoms with van der Waals surface area (Å²) in [7, 11) is 2.85. The van der Waals surface area contributed by atoms with Crippen molar-refractivity contribution >= 4 is 23.7 Å². The molecule has 0 saturated carbocycles. The summed E-state index contributed by atoms with van der Waals surface area (Å²) in [6, 6.07) is 5.18. The Kier molecular flexibility index (Phi) is 8.06. The number of alkyl halides is 3. The lowest BCUT2D eigenvalue weighted by molar-refractivity contribution is -0.189. The van der Waals surface area contributed by atoms with Gasteiger partial charge in [0.1, 0.15) is 17.9 Å². The van der Waals surface area contributed by atoms with Gasteiger partial charge in [-0.05, 0) is 67.6 Å². The van der Waals surface area contributed by atoms with Gasteiger partial charge < -0.3 is 38.6 Å². The number of phenols is 2. The van der Waals surface area contributed by atoms with E-state index in [2.05, 4.69) is 16.3 Å². The molecule has 18 heteroatoms. The Labute approximate surface area is 340 Å². The quantitative estimate of drug-likeness (QED) is 0.238. The number of aryl methyl sites for hydroxylation is 1. The van der Waals surface area contributed by atoms with Crippen molar-refractivity contribution in [3.05, 3.63) is 62.7 Å². The number of hydrogen-bond acceptors (Lipinski definition) is 15. The summed E-state index contributed by atoms with van der Waals surface area (Å²) >= 11 is 1.22. The Balaban J connectivity index is 1.27. The molecule has 0 amide bonds. The standard InChI is InChI=1S/C41H39F3N4O10S/c1-17-8-21-25(30(50)31(17)54-5)28-29-35-27-26(34-33(56-16-57-34)18(2)32(27)58-37(52)41(42,43)44)22(48(29)39(13-45)12-38(21,3)47(28)14-39)11-55-36(51)40(15-59-35)20-10-24(53-4)23(49)9-19(20)6-7-46-40/h8-10,22,28-29,35,46,49-50H,6-7,11-12,14-16H2,1-5H3/t22-,28+,29?,35+,38?,39-,40+/m0/s1. The number of aromatic hydroxyl groups is 2. The van der Waals surface area contributed by atoms with E-state index >= 15 is 0 Å². The number of nitriles is 1. The van der Waals surface area contributed by atoms with Crippen LogP contribution in [0.15, 0.2) is 18.2 Å². The number of piperazine rings is 1. The van der Waals surface area contributed by atoms with Crippen molar-refractivity contribution in [3.63, 3.8) is 0 Å². The molecule has 3 saturated heterocycles. The Morgan fingerprint density at radius 1 is 1.05 bits per heavy atom. The van der Waals surface area contributed by atoms with Crippen LogP contribution in [0.3, 0.4) is 0 Å². The van der Waals surface area contributed by atoms with Crippen LogP contribution < -0.4 is 29.0 Å². The van der Waals surface area contributed by atoms with Gasteiger partial charge in [-0.25, -0.2) is 9.59 Å². The zero-order chi connectivity index (χ0) is 41.7. The zero-order valence-electron chi connectivity index (χ0n) is 32.5. The van der Waals surface area contributed by atoms with E-state index in [9.17, 15) is 38.2 Å². The van der Waals surface area contributed by atoms with Gasteiger partial charge in [0.25, 0.3) is 0 Å². The number of nitrogens with zero attached hydrogens (tertiary/aromatic N) is 3. The number of phenolic OH excluding ortho intramolecular Hbond substituents is 2. The predicted molar refractivity (Wildman–Crippen MR) is 201 cm³/mol. The van der Waals surface area contributed by atoms with Gasteiger partial charge in [-0.15, -0.1) is 11.8 Å². The summed E-state index contributed by atoms with van der Waals surface area (Å²) < 4.78 is 77.5. The van der Waals surface area contributed by atoms with Gasteiger partial charge >= 0.3 is 18.1 Å². The van der Waals surface area contributed by atoms with Crippen LogP contribution in [0.25, 0.3) is 0 Å². The molecular weight excluding hydrogens is 798 g/mol. The normalized spacial score (nSPS) is 31.1. The fraction of sp³-hybridized carbons (Fsp3) is 0.488. The first kappa shape index (κ1) is 38.1. The lowest BCUT2D eigenvalue weighted by Crippen LogP contribution is -2.67. The monoisotopic (exact) mass is 836 g/mol. The van der Waals surface area contributed by atoms with Crippen molar-refractivity contribution in [2.45, 2.75) is 79.8 Å². The molecule has 4 bridgehead atoms. The number of thioether (sulfide) groups is 1. The summed E-state index contributed by atoms with van der Waals surface area (Å²) in [5, 5.41) is 36.7. The molecule has 3 N–H and O–H groups in total. The minimum Gasteiger partial charge on any atom is -0.504 e. The van der Waals surface area contributed by atoms with Gasteiger partial charge in [-0.3, -0.25) is 15.1 Å². The van der Waals surface area contributed by atoms with Crippen LogP contribution in [-0.2, 0) is 31.8 Å². The van der Waals surface area contributed by atoms with Gasteiger partial charge in [0.15, 0.2) is 40.0 Å². The fourth-order valence-electron chi connectivity index (χ4n) is 11.3. The molecule has 7 atom stereocenters. The summed E-state index contributed by atoms with van der Waals surface area (Å²) in [6.45, 7) is 5.18. The molecule has 1 spiro atoms. The van der Waals surface area contributed by atoms with Crippen LogP contribution in [0, 0.1) is 25.2 Å². The molecule has 11 rings (SSSR count). The van der Waals surface area contributed by atoms with Gasteiger partial charge in [0, 0.05) is 59.1 Å². The highest BCUT2D eigenvalue weighted by Crippen LogP contribution is 2.71. The maximum absolute atomic E-state index is 14.8. The topological polar surface area (TPSA) is 172 Å². The van der Waals surface area contributed by atoms with Gasteiger partial charge in [-0.2, -0.15) is 18.4 Å². The average Bonchev–Trinajstić information content (AvgIpc) is 3.85. The molecule has 8 heterocycles. The van der Waals surface area contributed by atoms with Gasteiger partial charge in [-0.1, -0.05) is 0 Å². The molecule has 0 aromatic heterocycles. The number of halogens is 3. The molecule has 8 aliphatic rings. The molecular formula is C41H39F3N4O10S. The van der Waals surface area contributed by atoms with Crippen molar-refractivity contribution in [2.24, 2.45) is 0 Å². The van der Waals surface area contributed by atoms with E-state index in [0.29, 0.717) is 35.2 Å². The first-order chi connectivity index (χ1) is 28.0. The average molecular weight is 837 g/mol. The van der Waals surface area contributed by atoms with E-state index in [1.54, 1.807) is 12.1 Å². The molecule has 14 nitrogen and oxygen atoms in total. The van der Waals surface area contributed by atoms with Crippen LogP contribution in [0.4, 0.5) is 13.2 Å². The molecule has 0 aliphatic carbocycles. The number of nitrogens with one attached hydrogen (secondary N) is 1. The maximum Gasteiger partial charge on any atom is 0.491 e. The van der Waals surface area contributed by atoms with Crippen molar-refractivity contribution < 1.29 is 61.4 Å². The largest absolute Gasteiger partial charge is 0.504 e. The first-order valence-electron chi connectivity index (χ1n) is 19.1. The lowest BCUT2D eigenvalue weighted by Gasteiger charge is -2.58. The number of carbonyl (C=O) groups is 2. The minimum atomic E-state index is -5.36. The highest BCUT2D eigenvalue weighted by atomic mass is 32.2. The van der Waals surface area contributed by atoms with E-state index in [0.717, 1.165) is 5.56 Å². The van der Waals surface area contributed by atoms with Crippen molar-refractivity contribution in [1.82, 2.24) is 15.1 Å². The van der Waals surface area contributed by atoms with Gasteiger partial charge in [0.05, 0.1) is 37.6 Å². The van der Waals surface area contributed by atoms with Crippen LogP contribution in [-0.4, -0.2) is 96.2 Å². The van der Waals surface area contributed by atoms with E-state index in [-0.39, 0.29) is 82.4 Å². The predicted octanol–water partition coefficient (Wildman–Crippen LogP) is 4.98. The molecule has 3 aromatic rings. The molecule has 8 aliphatic heterocycles. The number of ether oxygens (including phenoxy) is 6. The summed E-state index contributed by atoms with van der Waals surface area (Å²) in [6.07, 6.45) is -4.64. The first-order valence-corrected chi connectivity index (χ1v) is 20.2. The molecule has 3 fully saturated rings. The summed E-state index contributed by atoms with van der Waals surface area (Å²) in [5.41, 5.74) is 0.203. The Bertz CT molecular complexity index is 2460. The Morgan fingerprint density at radius 3 is 2.53 bits per heavy atom. The van der Waals surface area contributed by atoms with Crippen molar-refractivity contribution in [3.8, 4) is 46.3 Å². The number of carbonyl (C=O) groups excluding carboxylic acids is 2. The van der Waals surface area contributed by atoms with Crippen LogP contribution >= 0.6 is 11.8 Å². The summed E-state index contributed by atoms with van der Waals surface area (Å²) in [5.74, 6) is -3.09.